The molecule has 1 aliphatic heterocycles. The number of hydrogen-bond acceptors (Lipinski definition) is 6. The van der Waals surface area contributed by atoms with Crippen molar-refractivity contribution in [1.29, 1.82) is 0 Å². The highest BCUT2D eigenvalue weighted by Gasteiger charge is 2.22. The van der Waals surface area contributed by atoms with E-state index in [-0.39, 0.29) is 5.91 Å². The zero-order valence-corrected chi connectivity index (χ0v) is 20.0. The van der Waals surface area contributed by atoms with Crippen LogP contribution in [0.15, 0.2) is 55.0 Å². The molecule has 9 heteroatoms. The van der Waals surface area contributed by atoms with Gasteiger partial charge in [-0.25, -0.2) is 9.97 Å². The molecule has 0 radical (unpaired) electrons. The van der Waals surface area contributed by atoms with Crippen LogP contribution in [0.25, 0.3) is 32.8 Å². The molecule has 0 spiro atoms. The maximum atomic E-state index is 12.9. The molecule has 1 fully saturated rings. The fourth-order valence-corrected chi connectivity index (χ4v) is 5.20. The van der Waals surface area contributed by atoms with E-state index in [1.54, 1.807) is 11.0 Å². The Morgan fingerprint density at radius 3 is 2.60 bits per heavy atom. The number of benzene rings is 2. The highest BCUT2D eigenvalue weighted by Crippen LogP contribution is 2.31. The van der Waals surface area contributed by atoms with Gasteiger partial charge in [0.1, 0.15) is 12.1 Å². The Kier molecular flexibility index (Phi) is 5.33. The van der Waals surface area contributed by atoms with Gasteiger partial charge in [0.25, 0.3) is 0 Å². The first-order valence-electron chi connectivity index (χ1n) is 12.0. The summed E-state index contributed by atoms with van der Waals surface area (Å²) in [7, 11) is 1.88. The van der Waals surface area contributed by atoms with Gasteiger partial charge in [0, 0.05) is 67.3 Å². The van der Waals surface area contributed by atoms with Crippen LogP contribution in [0.5, 0.6) is 0 Å². The lowest BCUT2D eigenvalue weighted by Gasteiger charge is -2.35. The van der Waals surface area contributed by atoms with Crippen LogP contribution >= 0.6 is 0 Å². The number of aromatic nitrogens is 5. The number of carbonyl (C=O) groups is 1. The van der Waals surface area contributed by atoms with Gasteiger partial charge in [-0.15, -0.1) is 0 Å². The number of hydrogen-bond donors (Lipinski definition) is 1. The minimum absolute atomic E-state index is 0.00807. The van der Waals surface area contributed by atoms with Gasteiger partial charge in [-0.2, -0.15) is 5.10 Å². The van der Waals surface area contributed by atoms with Crippen molar-refractivity contribution >= 4 is 50.3 Å². The van der Waals surface area contributed by atoms with Gasteiger partial charge in [-0.05, 0) is 31.2 Å². The smallest absolute Gasteiger partial charge is 0.238 e. The number of anilines is 2. The molecule has 1 amide bonds. The molecule has 9 nitrogen and oxygen atoms in total. The third kappa shape index (κ3) is 3.77. The first-order valence-corrected chi connectivity index (χ1v) is 12.0. The minimum atomic E-state index is 0.00807. The van der Waals surface area contributed by atoms with Gasteiger partial charge in [-0.1, -0.05) is 18.2 Å². The number of fused-ring (bicyclic) bond motifs is 4. The molecule has 1 N–H and O–H groups in total. The summed E-state index contributed by atoms with van der Waals surface area (Å²) in [5.74, 6) is 0.917. The molecule has 178 valence electrons. The fraction of sp³-hybridized carbons (Fsp3) is 0.308. The van der Waals surface area contributed by atoms with Crippen molar-refractivity contribution < 1.29 is 4.79 Å². The molecule has 2 aromatic carbocycles. The van der Waals surface area contributed by atoms with Crippen molar-refractivity contribution in [2.24, 2.45) is 7.05 Å². The zero-order chi connectivity index (χ0) is 23.9. The lowest BCUT2D eigenvalue weighted by Crippen LogP contribution is -2.49. The average Bonchev–Trinajstić information content (AvgIpc) is 3.42. The molecule has 0 bridgehead atoms. The summed E-state index contributed by atoms with van der Waals surface area (Å²) in [5, 5.41) is 10.8. The topological polar surface area (TPSA) is 84.1 Å². The van der Waals surface area contributed by atoms with Crippen molar-refractivity contribution in [3.05, 3.63) is 55.0 Å². The summed E-state index contributed by atoms with van der Waals surface area (Å²) in [4.78, 5) is 26.1. The Balaban J connectivity index is 1.12. The molecule has 0 saturated carbocycles. The lowest BCUT2D eigenvalue weighted by molar-refractivity contribution is -0.117. The standard InChI is InChI=1S/C26H28N8O/c1-3-34-22-7-5-4-6-19(22)20-14-18(8-9-23(20)34)30-24(35)16-32-10-12-33(13-11-32)26-21-15-29-31(2)25(21)27-17-28-26/h4-9,14-15,17H,3,10-13,16H2,1-2H3,(H,30,35). The van der Waals surface area contributed by atoms with Crippen LogP contribution in [0.1, 0.15) is 6.92 Å². The number of nitrogens with one attached hydrogen (secondary N) is 1. The van der Waals surface area contributed by atoms with Crippen LogP contribution in [-0.4, -0.2) is 67.8 Å². The van der Waals surface area contributed by atoms with Crippen LogP contribution in [0.3, 0.4) is 0 Å². The van der Waals surface area contributed by atoms with Crippen LogP contribution in [0.2, 0.25) is 0 Å². The Morgan fingerprint density at radius 2 is 1.77 bits per heavy atom. The van der Waals surface area contributed by atoms with Crippen LogP contribution in [0.4, 0.5) is 11.5 Å². The molecule has 35 heavy (non-hydrogen) atoms. The third-order valence-electron chi connectivity index (χ3n) is 6.92. The molecular weight excluding hydrogens is 440 g/mol. The molecular formula is C26H28N8O. The average molecular weight is 469 g/mol. The van der Waals surface area contributed by atoms with E-state index in [4.69, 9.17) is 0 Å². The van der Waals surface area contributed by atoms with Gasteiger partial charge in [0.2, 0.25) is 5.91 Å². The highest BCUT2D eigenvalue weighted by molar-refractivity contribution is 6.09. The Morgan fingerprint density at radius 1 is 0.971 bits per heavy atom. The van der Waals surface area contributed by atoms with Crippen molar-refractivity contribution in [2.75, 3.05) is 42.9 Å². The molecule has 4 heterocycles. The van der Waals surface area contributed by atoms with Crippen molar-refractivity contribution in [3.63, 3.8) is 0 Å². The molecule has 3 aromatic heterocycles. The molecule has 6 rings (SSSR count). The van der Waals surface area contributed by atoms with Gasteiger partial charge in [0.05, 0.1) is 18.1 Å². The number of para-hydroxylation sites is 1. The predicted molar refractivity (Wildman–Crippen MR) is 139 cm³/mol. The lowest BCUT2D eigenvalue weighted by atomic mass is 10.1. The van der Waals surface area contributed by atoms with Gasteiger partial charge < -0.3 is 14.8 Å². The van der Waals surface area contributed by atoms with E-state index in [1.165, 1.54) is 21.8 Å². The number of piperazine rings is 1. The SMILES string of the molecule is CCn1c2ccccc2c2cc(NC(=O)CN3CCN(c4ncnc5c4cnn5C)CC3)ccc21. The molecule has 0 aliphatic carbocycles. The number of carbonyl (C=O) groups excluding carboxylic acids is 1. The van der Waals surface area contributed by atoms with Crippen LogP contribution in [0, 0.1) is 0 Å². The van der Waals surface area contributed by atoms with E-state index in [0.29, 0.717) is 6.54 Å². The monoisotopic (exact) mass is 468 g/mol. The van der Waals surface area contributed by atoms with E-state index in [9.17, 15) is 4.79 Å². The molecule has 0 atom stereocenters. The van der Waals surface area contributed by atoms with Gasteiger partial charge in [0.15, 0.2) is 5.65 Å². The summed E-state index contributed by atoms with van der Waals surface area (Å²) < 4.78 is 4.07. The summed E-state index contributed by atoms with van der Waals surface area (Å²) >= 11 is 0. The van der Waals surface area contributed by atoms with E-state index in [1.807, 2.05) is 19.3 Å². The summed E-state index contributed by atoms with van der Waals surface area (Å²) in [6.45, 7) is 6.63. The van der Waals surface area contributed by atoms with Gasteiger partial charge in [-0.3, -0.25) is 14.4 Å². The minimum Gasteiger partial charge on any atom is -0.353 e. The number of aryl methyl sites for hydroxylation is 2. The van der Waals surface area contributed by atoms with Gasteiger partial charge >= 0.3 is 0 Å². The van der Waals surface area contributed by atoms with E-state index in [2.05, 4.69) is 78.1 Å². The second-order valence-electron chi connectivity index (χ2n) is 9.01. The van der Waals surface area contributed by atoms with Crippen LogP contribution in [-0.2, 0) is 18.4 Å². The maximum Gasteiger partial charge on any atom is 0.238 e. The predicted octanol–water partition coefficient (Wildman–Crippen LogP) is 3.25. The number of amides is 1. The largest absolute Gasteiger partial charge is 0.353 e. The Hall–Kier alpha value is -3.98. The van der Waals surface area contributed by atoms with E-state index >= 15 is 0 Å². The zero-order valence-electron chi connectivity index (χ0n) is 20.0. The van der Waals surface area contributed by atoms with Crippen molar-refractivity contribution in [3.8, 4) is 0 Å². The first-order chi connectivity index (χ1) is 17.1. The number of rotatable bonds is 5. The third-order valence-corrected chi connectivity index (χ3v) is 6.92. The molecule has 0 unspecified atom stereocenters. The van der Waals surface area contributed by atoms with Crippen LogP contribution < -0.4 is 10.2 Å². The van der Waals surface area contributed by atoms with Crippen molar-refractivity contribution in [2.45, 2.75) is 13.5 Å². The summed E-state index contributed by atoms with van der Waals surface area (Å²) in [6, 6.07) is 14.6. The molecule has 5 aromatic rings. The normalized spacial score (nSPS) is 14.9. The number of nitrogens with zero attached hydrogens (tertiary/aromatic N) is 7. The second-order valence-corrected chi connectivity index (χ2v) is 9.01. The maximum absolute atomic E-state index is 12.9. The quantitative estimate of drug-likeness (QED) is 0.426. The molecule has 1 saturated heterocycles. The molecule has 1 aliphatic rings. The van der Waals surface area contributed by atoms with Crippen molar-refractivity contribution in [1.82, 2.24) is 29.2 Å². The second kappa shape index (κ2) is 8.66. The van der Waals surface area contributed by atoms with E-state index < -0.39 is 0 Å². The fourth-order valence-electron chi connectivity index (χ4n) is 5.20. The Labute approximate surface area is 203 Å². The highest BCUT2D eigenvalue weighted by atomic mass is 16.2. The summed E-state index contributed by atoms with van der Waals surface area (Å²) in [6.07, 6.45) is 3.41. The van der Waals surface area contributed by atoms with E-state index in [0.717, 1.165) is 55.3 Å². The first kappa shape index (κ1) is 21.5. The summed E-state index contributed by atoms with van der Waals surface area (Å²) in [5.41, 5.74) is 4.07. The Bertz CT molecular complexity index is 1540.